The Morgan fingerprint density at radius 2 is 2.30 bits per heavy atom. The molecule has 0 radical (unpaired) electrons. The third kappa shape index (κ3) is 2.52. The van der Waals surface area contributed by atoms with E-state index >= 15 is 0 Å². The highest BCUT2D eigenvalue weighted by Gasteiger charge is 2.19. The summed E-state index contributed by atoms with van der Waals surface area (Å²) in [5.74, 6) is 0. The first-order valence-electron chi connectivity index (χ1n) is 7.30. The second-order valence-corrected chi connectivity index (χ2v) is 6.64. The van der Waals surface area contributed by atoms with Crippen molar-refractivity contribution in [3.63, 3.8) is 0 Å². The fourth-order valence-corrected chi connectivity index (χ4v) is 3.97. The number of likely N-dealkylation sites (tertiary alicyclic amines) is 1. The lowest BCUT2D eigenvalue weighted by molar-refractivity contribution is 0.170. The monoisotopic (exact) mass is 291 g/mol. The summed E-state index contributed by atoms with van der Waals surface area (Å²) in [6, 6.07) is 0.608. The molecule has 0 aliphatic carbocycles. The van der Waals surface area contributed by atoms with Crippen molar-refractivity contribution in [2.24, 2.45) is 0 Å². The summed E-state index contributed by atoms with van der Waals surface area (Å²) in [5.41, 5.74) is 2.08. The zero-order valence-electron chi connectivity index (χ0n) is 12.1. The lowest BCUT2D eigenvalue weighted by Crippen LogP contribution is -2.37. The van der Waals surface area contributed by atoms with Crippen molar-refractivity contribution in [1.29, 1.82) is 0 Å². The van der Waals surface area contributed by atoms with Gasteiger partial charge in [0.1, 0.15) is 4.70 Å². The van der Waals surface area contributed by atoms with Crippen LogP contribution in [0.25, 0.3) is 10.2 Å². The van der Waals surface area contributed by atoms with Gasteiger partial charge in [-0.3, -0.25) is 9.36 Å². The minimum absolute atomic E-state index is 0.117. The first-order valence-corrected chi connectivity index (χ1v) is 8.18. The van der Waals surface area contributed by atoms with Crippen molar-refractivity contribution in [2.45, 2.75) is 45.2 Å². The van der Waals surface area contributed by atoms with Crippen LogP contribution in [0.1, 0.15) is 31.2 Å². The lowest BCUT2D eigenvalue weighted by atomic mass is 10.0. The molecule has 0 spiro atoms. The molecule has 20 heavy (non-hydrogen) atoms. The zero-order valence-corrected chi connectivity index (χ0v) is 12.9. The van der Waals surface area contributed by atoms with Crippen LogP contribution in [0.5, 0.6) is 0 Å². The highest BCUT2D eigenvalue weighted by Crippen LogP contribution is 2.20. The fraction of sp³-hybridized carbons (Fsp3) is 0.600. The number of nitrogens with zero attached hydrogens (tertiary/aromatic N) is 3. The van der Waals surface area contributed by atoms with E-state index in [4.69, 9.17) is 0 Å². The average Bonchev–Trinajstić information content (AvgIpc) is 2.82. The zero-order chi connectivity index (χ0) is 14.1. The molecule has 4 nitrogen and oxygen atoms in total. The first-order chi connectivity index (χ1) is 9.66. The van der Waals surface area contributed by atoms with E-state index in [1.54, 1.807) is 10.9 Å². The summed E-state index contributed by atoms with van der Waals surface area (Å²) in [5, 5.41) is 2.01. The topological polar surface area (TPSA) is 38.1 Å². The van der Waals surface area contributed by atoms with Crippen molar-refractivity contribution in [2.75, 3.05) is 13.6 Å². The Hall–Kier alpha value is -1.20. The number of rotatable bonds is 3. The molecule has 1 saturated heterocycles. The van der Waals surface area contributed by atoms with Gasteiger partial charge in [0.25, 0.3) is 5.56 Å². The largest absolute Gasteiger partial charge is 0.303 e. The van der Waals surface area contributed by atoms with Crippen LogP contribution in [0, 0.1) is 6.92 Å². The van der Waals surface area contributed by atoms with E-state index < -0.39 is 0 Å². The molecule has 1 fully saturated rings. The summed E-state index contributed by atoms with van der Waals surface area (Å²) < 4.78 is 2.57. The van der Waals surface area contributed by atoms with Gasteiger partial charge >= 0.3 is 0 Å². The van der Waals surface area contributed by atoms with Gasteiger partial charge in [-0.1, -0.05) is 6.42 Å². The standard InChI is InChI=1S/C15H21N3OS/c1-11-9-20-14-13(11)16-10-18(15(14)19)8-6-12-5-3-4-7-17(12)2/h9-10,12H,3-8H2,1-2H3. The molecule has 2 aromatic rings. The number of aromatic nitrogens is 2. The fourth-order valence-electron chi connectivity index (χ4n) is 3.02. The van der Waals surface area contributed by atoms with E-state index in [2.05, 4.69) is 16.9 Å². The maximum absolute atomic E-state index is 12.4. The smallest absolute Gasteiger partial charge is 0.271 e. The van der Waals surface area contributed by atoms with Gasteiger partial charge in [-0.05, 0) is 50.7 Å². The molecule has 1 aliphatic rings. The van der Waals surface area contributed by atoms with Crippen molar-refractivity contribution in [3.05, 3.63) is 27.6 Å². The summed E-state index contributed by atoms with van der Waals surface area (Å²) in [4.78, 5) is 19.3. The van der Waals surface area contributed by atoms with Crippen LogP contribution in [0.3, 0.4) is 0 Å². The molecule has 3 rings (SSSR count). The Kier molecular flexibility index (Phi) is 3.89. The quantitative estimate of drug-likeness (QED) is 0.872. The first kappa shape index (κ1) is 13.8. The van der Waals surface area contributed by atoms with E-state index in [0.29, 0.717) is 6.04 Å². The summed E-state index contributed by atoms with van der Waals surface area (Å²) >= 11 is 1.51. The minimum atomic E-state index is 0.117. The molecule has 0 bridgehead atoms. The van der Waals surface area contributed by atoms with E-state index in [1.165, 1.54) is 37.1 Å². The van der Waals surface area contributed by atoms with Crippen LogP contribution in [-0.2, 0) is 6.54 Å². The number of thiophene rings is 1. The predicted molar refractivity (Wildman–Crippen MR) is 83.5 cm³/mol. The molecule has 1 unspecified atom stereocenters. The van der Waals surface area contributed by atoms with Crippen molar-refractivity contribution < 1.29 is 0 Å². The second-order valence-electron chi connectivity index (χ2n) is 5.76. The van der Waals surface area contributed by atoms with Gasteiger partial charge in [-0.2, -0.15) is 0 Å². The van der Waals surface area contributed by atoms with E-state index in [-0.39, 0.29) is 5.56 Å². The Bertz CT molecular complexity index is 661. The van der Waals surface area contributed by atoms with Crippen LogP contribution in [-0.4, -0.2) is 34.1 Å². The molecule has 1 aliphatic heterocycles. The SMILES string of the molecule is Cc1csc2c(=O)n(CCC3CCCCN3C)cnc12. The van der Waals surface area contributed by atoms with Crippen LogP contribution >= 0.6 is 11.3 Å². The molecule has 0 saturated carbocycles. The second kappa shape index (κ2) is 5.66. The highest BCUT2D eigenvalue weighted by atomic mass is 32.1. The van der Waals surface area contributed by atoms with Crippen LogP contribution in [0.2, 0.25) is 0 Å². The number of hydrogen-bond donors (Lipinski definition) is 0. The molecular formula is C15H21N3OS. The van der Waals surface area contributed by atoms with Gasteiger partial charge in [0.15, 0.2) is 0 Å². The molecule has 0 aromatic carbocycles. The van der Waals surface area contributed by atoms with Gasteiger partial charge in [0, 0.05) is 12.6 Å². The normalized spacial score (nSPS) is 20.6. The molecular weight excluding hydrogens is 270 g/mol. The summed E-state index contributed by atoms with van der Waals surface area (Å²) in [7, 11) is 2.19. The Balaban J connectivity index is 1.77. The Labute approximate surface area is 123 Å². The van der Waals surface area contributed by atoms with Crippen molar-refractivity contribution >= 4 is 21.6 Å². The highest BCUT2D eigenvalue weighted by molar-refractivity contribution is 7.17. The van der Waals surface area contributed by atoms with Gasteiger partial charge in [-0.15, -0.1) is 11.3 Å². The molecule has 0 amide bonds. The molecule has 5 heteroatoms. The predicted octanol–water partition coefficient (Wildman–Crippen LogP) is 2.64. The third-order valence-corrected chi connectivity index (χ3v) is 5.42. The molecule has 108 valence electrons. The van der Waals surface area contributed by atoms with Crippen molar-refractivity contribution in [3.8, 4) is 0 Å². The van der Waals surface area contributed by atoms with Gasteiger partial charge in [-0.25, -0.2) is 4.98 Å². The van der Waals surface area contributed by atoms with Gasteiger partial charge in [0.05, 0.1) is 11.8 Å². The molecule has 1 atom stereocenters. The van der Waals surface area contributed by atoms with E-state index in [1.807, 2.05) is 12.3 Å². The third-order valence-electron chi connectivity index (χ3n) is 4.35. The number of fused-ring (bicyclic) bond motifs is 1. The molecule has 0 N–H and O–H groups in total. The van der Waals surface area contributed by atoms with Crippen molar-refractivity contribution in [1.82, 2.24) is 14.5 Å². The summed E-state index contributed by atoms with van der Waals surface area (Å²) in [6.45, 7) is 3.96. The van der Waals surface area contributed by atoms with Gasteiger partial charge in [0.2, 0.25) is 0 Å². The number of aryl methyl sites for hydroxylation is 2. The Morgan fingerprint density at radius 3 is 3.10 bits per heavy atom. The average molecular weight is 291 g/mol. The maximum Gasteiger partial charge on any atom is 0.271 e. The molecule has 3 heterocycles. The number of piperidine rings is 1. The number of hydrogen-bond acceptors (Lipinski definition) is 4. The Morgan fingerprint density at radius 1 is 1.45 bits per heavy atom. The lowest BCUT2D eigenvalue weighted by Gasteiger charge is -2.32. The van der Waals surface area contributed by atoms with E-state index in [0.717, 1.165) is 28.7 Å². The summed E-state index contributed by atoms with van der Waals surface area (Å²) in [6.07, 6.45) is 6.61. The molecule has 2 aromatic heterocycles. The van der Waals surface area contributed by atoms with Crippen LogP contribution in [0.4, 0.5) is 0 Å². The van der Waals surface area contributed by atoms with Crippen LogP contribution < -0.4 is 5.56 Å². The van der Waals surface area contributed by atoms with E-state index in [9.17, 15) is 4.79 Å². The van der Waals surface area contributed by atoms with Crippen LogP contribution in [0.15, 0.2) is 16.5 Å². The van der Waals surface area contributed by atoms with Gasteiger partial charge < -0.3 is 4.90 Å². The minimum Gasteiger partial charge on any atom is -0.303 e. The maximum atomic E-state index is 12.4.